The molecule has 0 aliphatic carbocycles. The fourth-order valence-electron chi connectivity index (χ4n) is 3.64. The number of carbonyl (C=O) groups is 2. The summed E-state index contributed by atoms with van der Waals surface area (Å²) in [5.41, 5.74) is 3.04. The average molecular weight is 346 g/mol. The standard InChI is InChI=1S/C20H30N2O3/c1-5-10-22-11-9-16(13-18(23)25-4)12-17(22)20(24)21-19-14(2)7-6-8-15(19)3/h6-8,16-17H,5,9-13H2,1-4H3,(H,21,24)/t16?,17-/m0/s1. The minimum atomic E-state index is -0.192. The molecule has 1 saturated heterocycles. The number of ether oxygens (including phenoxy) is 1. The lowest BCUT2D eigenvalue weighted by molar-refractivity contribution is -0.142. The quantitative estimate of drug-likeness (QED) is 0.803. The molecule has 0 spiro atoms. The van der Waals surface area contributed by atoms with E-state index in [1.54, 1.807) is 0 Å². The van der Waals surface area contributed by atoms with Gasteiger partial charge in [0, 0.05) is 12.1 Å². The number of piperidine rings is 1. The minimum absolute atomic E-state index is 0.0282. The van der Waals surface area contributed by atoms with Gasteiger partial charge >= 0.3 is 5.97 Å². The van der Waals surface area contributed by atoms with Gasteiger partial charge in [-0.25, -0.2) is 0 Å². The van der Waals surface area contributed by atoms with Crippen LogP contribution in [0.5, 0.6) is 0 Å². The molecule has 1 unspecified atom stereocenters. The summed E-state index contributed by atoms with van der Waals surface area (Å²) in [7, 11) is 1.42. The van der Waals surface area contributed by atoms with Gasteiger partial charge in [-0.15, -0.1) is 0 Å². The lowest BCUT2D eigenvalue weighted by Gasteiger charge is -2.38. The molecule has 0 saturated carbocycles. The van der Waals surface area contributed by atoms with E-state index >= 15 is 0 Å². The molecule has 5 heteroatoms. The molecule has 5 nitrogen and oxygen atoms in total. The number of likely N-dealkylation sites (tertiary alicyclic amines) is 1. The zero-order valence-corrected chi connectivity index (χ0v) is 15.8. The van der Waals surface area contributed by atoms with E-state index in [1.165, 1.54) is 7.11 Å². The molecule has 1 N–H and O–H groups in total. The highest BCUT2D eigenvalue weighted by Crippen LogP contribution is 2.28. The van der Waals surface area contributed by atoms with Crippen molar-refractivity contribution >= 4 is 17.6 Å². The Bertz CT molecular complexity index is 595. The molecule has 0 radical (unpaired) electrons. The summed E-state index contributed by atoms with van der Waals surface area (Å²) < 4.78 is 4.80. The Hall–Kier alpha value is -1.88. The predicted molar refractivity (Wildman–Crippen MR) is 99.6 cm³/mol. The molecule has 138 valence electrons. The van der Waals surface area contributed by atoms with E-state index in [-0.39, 0.29) is 23.8 Å². The number of anilines is 1. The van der Waals surface area contributed by atoms with Gasteiger partial charge < -0.3 is 10.1 Å². The smallest absolute Gasteiger partial charge is 0.305 e. The van der Waals surface area contributed by atoms with Crippen LogP contribution in [0.1, 0.15) is 43.7 Å². The number of para-hydroxylation sites is 1. The van der Waals surface area contributed by atoms with Crippen molar-refractivity contribution in [2.45, 2.75) is 52.5 Å². The van der Waals surface area contributed by atoms with E-state index < -0.39 is 0 Å². The summed E-state index contributed by atoms with van der Waals surface area (Å²) in [5.74, 6) is 0.0394. The Kier molecular flexibility index (Phi) is 7.00. The number of hydrogen-bond donors (Lipinski definition) is 1. The summed E-state index contributed by atoms with van der Waals surface area (Å²) in [4.78, 5) is 26.8. The molecule has 1 aromatic carbocycles. The number of nitrogens with one attached hydrogen (secondary N) is 1. The number of benzene rings is 1. The number of methoxy groups -OCH3 is 1. The molecule has 1 amide bonds. The van der Waals surface area contributed by atoms with Gasteiger partial charge in [-0.05, 0) is 63.2 Å². The van der Waals surface area contributed by atoms with E-state index in [1.807, 2.05) is 32.0 Å². The Morgan fingerprint density at radius 1 is 1.28 bits per heavy atom. The summed E-state index contributed by atoms with van der Waals surface area (Å²) in [6, 6.07) is 5.82. The molecule has 1 aromatic rings. The molecule has 1 aliphatic rings. The zero-order valence-electron chi connectivity index (χ0n) is 15.8. The molecular weight excluding hydrogens is 316 g/mol. The van der Waals surface area contributed by atoms with Crippen LogP contribution in [0.4, 0.5) is 5.69 Å². The SMILES string of the molecule is CCCN1CCC(CC(=O)OC)C[C@H]1C(=O)Nc1c(C)cccc1C. The number of esters is 1. The van der Waals surface area contributed by atoms with E-state index in [0.29, 0.717) is 12.8 Å². The maximum Gasteiger partial charge on any atom is 0.305 e. The second-order valence-electron chi connectivity index (χ2n) is 6.98. The van der Waals surface area contributed by atoms with E-state index in [4.69, 9.17) is 4.74 Å². The maximum absolute atomic E-state index is 13.0. The first-order valence-electron chi connectivity index (χ1n) is 9.14. The average Bonchev–Trinajstić information content (AvgIpc) is 2.59. The van der Waals surface area contributed by atoms with Gasteiger partial charge in [0.25, 0.3) is 0 Å². The molecule has 2 rings (SSSR count). The Morgan fingerprint density at radius 3 is 2.56 bits per heavy atom. The Morgan fingerprint density at radius 2 is 1.96 bits per heavy atom. The lowest BCUT2D eigenvalue weighted by Crippen LogP contribution is -2.49. The third kappa shape index (κ3) is 5.05. The fourth-order valence-corrected chi connectivity index (χ4v) is 3.64. The van der Waals surface area contributed by atoms with E-state index in [2.05, 4.69) is 17.1 Å². The first-order valence-corrected chi connectivity index (χ1v) is 9.14. The molecule has 2 atom stereocenters. The number of hydrogen-bond acceptors (Lipinski definition) is 4. The number of rotatable bonds is 6. The van der Waals surface area contributed by atoms with Crippen molar-refractivity contribution in [3.8, 4) is 0 Å². The van der Waals surface area contributed by atoms with Gasteiger partial charge in [-0.3, -0.25) is 14.5 Å². The number of carbonyl (C=O) groups excluding carboxylic acids is 2. The number of aryl methyl sites for hydroxylation is 2. The second-order valence-corrected chi connectivity index (χ2v) is 6.98. The highest BCUT2D eigenvalue weighted by Gasteiger charge is 2.34. The molecule has 0 aromatic heterocycles. The van der Waals surface area contributed by atoms with Crippen LogP contribution in [0.15, 0.2) is 18.2 Å². The fraction of sp³-hybridized carbons (Fsp3) is 0.600. The van der Waals surface area contributed by atoms with Gasteiger partial charge in [0.05, 0.1) is 13.2 Å². The van der Waals surface area contributed by atoms with Gasteiger partial charge in [-0.1, -0.05) is 25.1 Å². The van der Waals surface area contributed by atoms with Crippen LogP contribution < -0.4 is 5.32 Å². The molecule has 1 fully saturated rings. The topological polar surface area (TPSA) is 58.6 Å². The van der Waals surface area contributed by atoms with E-state index in [0.717, 1.165) is 42.7 Å². The maximum atomic E-state index is 13.0. The second kappa shape index (κ2) is 8.99. The van der Waals surface area contributed by atoms with Crippen molar-refractivity contribution in [3.05, 3.63) is 29.3 Å². The van der Waals surface area contributed by atoms with Crippen LogP contribution in [-0.2, 0) is 14.3 Å². The van der Waals surface area contributed by atoms with Gasteiger partial charge in [0.15, 0.2) is 0 Å². The Labute approximate surface area is 150 Å². The molecule has 1 heterocycles. The summed E-state index contributed by atoms with van der Waals surface area (Å²) in [6.07, 6.45) is 3.03. The third-order valence-corrected chi connectivity index (χ3v) is 5.05. The largest absolute Gasteiger partial charge is 0.469 e. The van der Waals surface area contributed by atoms with Crippen molar-refractivity contribution in [2.75, 3.05) is 25.5 Å². The van der Waals surface area contributed by atoms with Crippen LogP contribution >= 0.6 is 0 Å². The van der Waals surface area contributed by atoms with Crippen LogP contribution in [0.2, 0.25) is 0 Å². The summed E-state index contributed by atoms with van der Waals surface area (Å²) in [6.45, 7) is 7.89. The summed E-state index contributed by atoms with van der Waals surface area (Å²) in [5, 5.41) is 3.13. The van der Waals surface area contributed by atoms with Crippen LogP contribution in [-0.4, -0.2) is 43.0 Å². The normalized spacial score (nSPS) is 21.0. The minimum Gasteiger partial charge on any atom is -0.469 e. The van der Waals surface area contributed by atoms with Crippen LogP contribution in [0.25, 0.3) is 0 Å². The first kappa shape index (κ1) is 19.4. The van der Waals surface area contributed by atoms with Crippen molar-refractivity contribution in [3.63, 3.8) is 0 Å². The van der Waals surface area contributed by atoms with Crippen molar-refractivity contribution in [1.29, 1.82) is 0 Å². The lowest BCUT2D eigenvalue weighted by atomic mass is 9.87. The highest BCUT2D eigenvalue weighted by molar-refractivity contribution is 5.96. The number of nitrogens with zero attached hydrogens (tertiary/aromatic N) is 1. The summed E-state index contributed by atoms with van der Waals surface area (Å²) >= 11 is 0. The molecule has 25 heavy (non-hydrogen) atoms. The van der Waals surface area contributed by atoms with E-state index in [9.17, 15) is 9.59 Å². The zero-order chi connectivity index (χ0) is 18.4. The van der Waals surface area contributed by atoms with Crippen molar-refractivity contribution in [2.24, 2.45) is 5.92 Å². The highest BCUT2D eigenvalue weighted by atomic mass is 16.5. The predicted octanol–water partition coefficient (Wildman–Crippen LogP) is 3.30. The number of amides is 1. The molecule has 0 bridgehead atoms. The molecular formula is C20H30N2O3. The van der Waals surface area contributed by atoms with Crippen molar-refractivity contribution in [1.82, 2.24) is 4.90 Å². The van der Waals surface area contributed by atoms with Gasteiger partial charge in [0.2, 0.25) is 5.91 Å². The molecule has 1 aliphatic heterocycles. The Balaban J connectivity index is 2.12. The van der Waals surface area contributed by atoms with Gasteiger partial charge in [-0.2, -0.15) is 0 Å². The third-order valence-electron chi connectivity index (χ3n) is 5.05. The van der Waals surface area contributed by atoms with Crippen LogP contribution in [0, 0.1) is 19.8 Å². The van der Waals surface area contributed by atoms with Crippen LogP contribution in [0.3, 0.4) is 0 Å². The first-order chi connectivity index (χ1) is 12.0. The van der Waals surface area contributed by atoms with Gasteiger partial charge in [0.1, 0.15) is 0 Å². The monoisotopic (exact) mass is 346 g/mol. The van der Waals surface area contributed by atoms with Crippen molar-refractivity contribution < 1.29 is 14.3 Å².